The molecular weight excluding hydrogens is 410 g/mol. The van der Waals surface area contributed by atoms with Crippen molar-refractivity contribution in [1.29, 1.82) is 5.26 Å². The van der Waals surface area contributed by atoms with Crippen LogP contribution >= 0.6 is 0 Å². The fraction of sp³-hybridized carbons (Fsp3) is 0.364. The Bertz CT molecular complexity index is 1020. The number of pyridine rings is 1. The fourth-order valence-electron chi connectivity index (χ4n) is 3.17. The first kappa shape index (κ1) is 22.7. The summed E-state index contributed by atoms with van der Waals surface area (Å²) in [6, 6.07) is 11.5. The number of hydrogen-bond acceptors (Lipinski definition) is 8. The van der Waals surface area contributed by atoms with Crippen LogP contribution in [0.2, 0.25) is 0 Å². The Morgan fingerprint density at radius 1 is 1.31 bits per heavy atom. The molecular formula is C22H25N7O3. The number of aryl methyl sites for hydroxylation is 1. The van der Waals surface area contributed by atoms with Gasteiger partial charge in [0.05, 0.1) is 26.3 Å². The molecule has 2 amide bonds. The smallest absolute Gasteiger partial charge is 0.256 e. The lowest BCUT2D eigenvalue weighted by Gasteiger charge is -2.16. The van der Waals surface area contributed by atoms with E-state index in [1.165, 1.54) is 7.11 Å². The summed E-state index contributed by atoms with van der Waals surface area (Å²) >= 11 is 0. The molecule has 2 heterocycles. The molecule has 1 aliphatic rings. The number of nitriles is 1. The first-order chi connectivity index (χ1) is 15.5. The summed E-state index contributed by atoms with van der Waals surface area (Å²) < 4.78 is 5.09. The Morgan fingerprint density at radius 3 is 2.78 bits per heavy atom. The Labute approximate surface area is 186 Å². The van der Waals surface area contributed by atoms with Crippen molar-refractivity contribution in [3.05, 3.63) is 59.3 Å². The molecule has 0 aliphatic carbocycles. The third-order valence-corrected chi connectivity index (χ3v) is 5.01. The molecule has 0 bridgehead atoms. The van der Waals surface area contributed by atoms with E-state index in [1.54, 1.807) is 23.3 Å². The van der Waals surface area contributed by atoms with E-state index < -0.39 is 12.1 Å². The number of benzene rings is 1. The molecule has 2 aromatic rings. The van der Waals surface area contributed by atoms with Gasteiger partial charge in [-0.3, -0.25) is 14.6 Å². The van der Waals surface area contributed by atoms with E-state index in [9.17, 15) is 14.9 Å². The maximum Gasteiger partial charge on any atom is 0.256 e. The van der Waals surface area contributed by atoms with Gasteiger partial charge in [-0.15, -0.1) is 0 Å². The van der Waals surface area contributed by atoms with Crippen molar-refractivity contribution in [3.63, 3.8) is 0 Å². The van der Waals surface area contributed by atoms with Crippen LogP contribution in [0.4, 0.5) is 0 Å². The normalized spacial score (nSPS) is 15.7. The summed E-state index contributed by atoms with van der Waals surface area (Å²) in [6.07, 6.45) is 2.45. The molecule has 0 fully saturated rings. The third kappa shape index (κ3) is 5.57. The number of nitrogens with one attached hydrogen (secondary N) is 2. The predicted molar refractivity (Wildman–Crippen MR) is 116 cm³/mol. The molecule has 2 atom stereocenters. The van der Waals surface area contributed by atoms with E-state index >= 15 is 0 Å². The Kier molecular flexibility index (Phi) is 7.70. The van der Waals surface area contributed by atoms with E-state index in [1.807, 2.05) is 24.3 Å². The minimum absolute atomic E-state index is 0.249. The lowest BCUT2D eigenvalue weighted by molar-refractivity contribution is -0.122. The standard InChI is InChI=1S/C22H25N7O3/c1-3-15-6-8-16(9-7-15)18(13-23)26-21(31)19-14-29(28-27-19)12-11-24-20(30)17-5-4-10-25-22(17)32-2/h4-10,18-19H,3,11-12,14H2,1-2H3,(H,24,30)(H,26,31). The Morgan fingerprint density at radius 2 is 2.09 bits per heavy atom. The van der Waals surface area contributed by atoms with Crippen molar-refractivity contribution in [2.24, 2.45) is 10.3 Å². The van der Waals surface area contributed by atoms with Gasteiger partial charge in [0.1, 0.15) is 11.6 Å². The minimum atomic E-state index is -0.758. The molecule has 1 aliphatic heterocycles. The van der Waals surface area contributed by atoms with Crippen molar-refractivity contribution in [1.82, 2.24) is 20.6 Å². The number of amides is 2. The van der Waals surface area contributed by atoms with E-state index in [0.29, 0.717) is 18.7 Å². The zero-order valence-corrected chi connectivity index (χ0v) is 18.0. The van der Waals surface area contributed by atoms with Gasteiger partial charge in [0, 0.05) is 12.7 Å². The topological polar surface area (TPSA) is 132 Å². The van der Waals surface area contributed by atoms with Gasteiger partial charge in [-0.2, -0.15) is 10.4 Å². The van der Waals surface area contributed by atoms with Crippen molar-refractivity contribution in [2.75, 3.05) is 26.7 Å². The van der Waals surface area contributed by atoms with E-state index in [2.05, 4.69) is 38.9 Å². The molecule has 166 valence electrons. The van der Waals surface area contributed by atoms with Crippen LogP contribution in [0.25, 0.3) is 0 Å². The van der Waals surface area contributed by atoms with Crippen LogP contribution in [-0.2, 0) is 11.2 Å². The van der Waals surface area contributed by atoms with Gasteiger partial charge in [-0.1, -0.05) is 36.4 Å². The maximum absolute atomic E-state index is 12.6. The molecule has 0 saturated heterocycles. The fourth-order valence-corrected chi connectivity index (χ4v) is 3.17. The maximum atomic E-state index is 12.6. The van der Waals surface area contributed by atoms with Crippen molar-refractivity contribution < 1.29 is 14.3 Å². The Hall–Kier alpha value is -4.00. The van der Waals surface area contributed by atoms with Crippen LogP contribution in [0.15, 0.2) is 52.9 Å². The first-order valence-corrected chi connectivity index (χ1v) is 10.3. The SMILES string of the molecule is CCc1ccc(C(C#N)NC(=O)C2CN(CCNC(=O)c3cccnc3OC)N=N2)cc1. The molecule has 2 N–H and O–H groups in total. The molecule has 0 spiro atoms. The first-order valence-electron chi connectivity index (χ1n) is 10.3. The van der Waals surface area contributed by atoms with Crippen LogP contribution in [0.3, 0.4) is 0 Å². The summed E-state index contributed by atoms with van der Waals surface area (Å²) in [6.45, 7) is 3.00. The van der Waals surface area contributed by atoms with Gasteiger partial charge >= 0.3 is 0 Å². The van der Waals surface area contributed by atoms with Crippen LogP contribution in [0.5, 0.6) is 5.88 Å². The molecule has 10 nitrogen and oxygen atoms in total. The number of carbonyl (C=O) groups excluding carboxylic acids is 2. The minimum Gasteiger partial charge on any atom is -0.480 e. The highest BCUT2D eigenvalue weighted by Gasteiger charge is 2.28. The quantitative estimate of drug-likeness (QED) is 0.617. The van der Waals surface area contributed by atoms with Gasteiger partial charge in [0.25, 0.3) is 5.91 Å². The summed E-state index contributed by atoms with van der Waals surface area (Å²) in [5.41, 5.74) is 2.22. The molecule has 1 aromatic heterocycles. The number of ether oxygens (including phenoxy) is 1. The van der Waals surface area contributed by atoms with Crippen LogP contribution in [-0.4, -0.2) is 54.6 Å². The third-order valence-electron chi connectivity index (χ3n) is 5.01. The second kappa shape index (κ2) is 10.9. The second-order valence-electron chi connectivity index (χ2n) is 7.12. The summed E-state index contributed by atoms with van der Waals surface area (Å²) in [7, 11) is 1.45. The number of carbonyl (C=O) groups is 2. The summed E-state index contributed by atoms with van der Waals surface area (Å²) in [4.78, 5) is 28.9. The van der Waals surface area contributed by atoms with E-state index in [0.717, 1.165) is 17.5 Å². The van der Waals surface area contributed by atoms with Gasteiger partial charge in [-0.25, -0.2) is 4.98 Å². The van der Waals surface area contributed by atoms with E-state index in [-0.39, 0.29) is 24.2 Å². The average molecular weight is 435 g/mol. The highest BCUT2D eigenvalue weighted by Crippen LogP contribution is 2.16. The van der Waals surface area contributed by atoms with Crippen molar-refractivity contribution in [3.8, 4) is 11.9 Å². The molecule has 2 unspecified atom stereocenters. The monoisotopic (exact) mass is 435 g/mol. The largest absolute Gasteiger partial charge is 0.480 e. The molecule has 10 heteroatoms. The molecule has 32 heavy (non-hydrogen) atoms. The van der Waals surface area contributed by atoms with Gasteiger partial charge in [-0.05, 0) is 29.7 Å². The number of methoxy groups -OCH3 is 1. The van der Waals surface area contributed by atoms with Gasteiger partial charge in [0.2, 0.25) is 11.8 Å². The number of hydrogen-bond donors (Lipinski definition) is 2. The summed E-state index contributed by atoms with van der Waals surface area (Å²) in [5, 5.41) is 24.5. The zero-order chi connectivity index (χ0) is 22.9. The van der Waals surface area contributed by atoms with Crippen LogP contribution in [0, 0.1) is 11.3 Å². The number of rotatable bonds is 9. The number of aromatic nitrogens is 1. The highest BCUT2D eigenvalue weighted by atomic mass is 16.5. The molecule has 0 radical (unpaired) electrons. The highest BCUT2D eigenvalue weighted by molar-refractivity contribution is 5.96. The second-order valence-corrected chi connectivity index (χ2v) is 7.12. The van der Waals surface area contributed by atoms with E-state index in [4.69, 9.17) is 4.74 Å². The van der Waals surface area contributed by atoms with Gasteiger partial charge < -0.3 is 15.4 Å². The van der Waals surface area contributed by atoms with Crippen molar-refractivity contribution in [2.45, 2.75) is 25.4 Å². The average Bonchev–Trinajstić information content (AvgIpc) is 3.31. The van der Waals surface area contributed by atoms with Crippen molar-refractivity contribution >= 4 is 11.8 Å². The van der Waals surface area contributed by atoms with Gasteiger partial charge in [0.15, 0.2) is 6.04 Å². The van der Waals surface area contributed by atoms with Crippen LogP contribution < -0.4 is 15.4 Å². The lowest BCUT2D eigenvalue weighted by atomic mass is 10.0. The Balaban J connectivity index is 1.46. The summed E-state index contributed by atoms with van der Waals surface area (Å²) in [5.74, 6) is -0.434. The number of nitrogens with zero attached hydrogens (tertiary/aromatic N) is 5. The zero-order valence-electron chi connectivity index (χ0n) is 18.0. The predicted octanol–water partition coefficient (Wildman–Crippen LogP) is 1.81. The molecule has 1 aromatic carbocycles. The molecule has 0 saturated carbocycles. The lowest BCUT2D eigenvalue weighted by Crippen LogP contribution is -2.40. The van der Waals surface area contributed by atoms with Crippen LogP contribution in [0.1, 0.15) is 34.5 Å². The molecule has 3 rings (SSSR count).